The summed E-state index contributed by atoms with van der Waals surface area (Å²) >= 11 is 0. The van der Waals surface area contributed by atoms with Crippen molar-refractivity contribution in [2.24, 2.45) is 4.99 Å². The topological polar surface area (TPSA) is 78.0 Å². The van der Waals surface area contributed by atoms with E-state index in [1.54, 1.807) is 14.2 Å². The molecule has 3 N–H and O–H groups in total. The molecule has 1 amide bonds. The van der Waals surface area contributed by atoms with E-state index in [0.717, 1.165) is 51.5 Å². The van der Waals surface area contributed by atoms with E-state index in [4.69, 9.17) is 4.74 Å². The third-order valence-electron chi connectivity index (χ3n) is 4.51. The number of carbonyl (C=O) groups is 1. The van der Waals surface area contributed by atoms with Crippen molar-refractivity contribution in [3.63, 3.8) is 0 Å². The van der Waals surface area contributed by atoms with Crippen LogP contribution in [0.5, 0.6) is 0 Å². The first-order valence-electron chi connectivity index (χ1n) is 9.57. The van der Waals surface area contributed by atoms with Gasteiger partial charge in [-0.25, -0.2) is 0 Å². The summed E-state index contributed by atoms with van der Waals surface area (Å²) in [6.07, 6.45) is 7.54. The van der Waals surface area contributed by atoms with Crippen LogP contribution in [-0.4, -0.2) is 76.8 Å². The van der Waals surface area contributed by atoms with Crippen molar-refractivity contribution in [2.45, 2.75) is 51.0 Å². The fourth-order valence-electron chi connectivity index (χ4n) is 3.02. The number of guanidine groups is 1. The normalized spacial score (nSPS) is 15.5. The van der Waals surface area contributed by atoms with Gasteiger partial charge in [0.1, 0.15) is 0 Å². The van der Waals surface area contributed by atoms with Gasteiger partial charge < -0.3 is 25.6 Å². The van der Waals surface area contributed by atoms with Crippen molar-refractivity contribution in [1.82, 2.24) is 20.9 Å². The summed E-state index contributed by atoms with van der Waals surface area (Å²) in [5, 5.41) is 9.62. The number of nitrogens with zero attached hydrogens (tertiary/aromatic N) is 2. The van der Waals surface area contributed by atoms with Gasteiger partial charge in [0.15, 0.2) is 5.96 Å². The number of amides is 1. The van der Waals surface area contributed by atoms with Gasteiger partial charge in [0.05, 0.1) is 0 Å². The highest BCUT2D eigenvalue weighted by Crippen LogP contribution is 2.17. The van der Waals surface area contributed by atoms with E-state index in [2.05, 4.69) is 32.9 Å². The van der Waals surface area contributed by atoms with Gasteiger partial charge in [-0.2, -0.15) is 0 Å². The molecular formula is C18H38IN5O2. The summed E-state index contributed by atoms with van der Waals surface area (Å²) in [5.41, 5.74) is 0. The van der Waals surface area contributed by atoms with E-state index in [0.29, 0.717) is 19.0 Å². The van der Waals surface area contributed by atoms with Crippen LogP contribution in [0.4, 0.5) is 0 Å². The van der Waals surface area contributed by atoms with Crippen molar-refractivity contribution < 1.29 is 9.53 Å². The van der Waals surface area contributed by atoms with E-state index in [1.165, 1.54) is 19.3 Å². The first-order chi connectivity index (χ1) is 12.2. The van der Waals surface area contributed by atoms with Crippen LogP contribution in [0.1, 0.15) is 44.9 Å². The second-order valence-electron chi connectivity index (χ2n) is 6.73. The van der Waals surface area contributed by atoms with E-state index < -0.39 is 0 Å². The maximum atomic E-state index is 12.0. The smallest absolute Gasteiger partial charge is 0.221 e. The largest absolute Gasteiger partial charge is 0.385 e. The summed E-state index contributed by atoms with van der Waals surface area (Å²) in [5.74, 6) is 0.878. The molecule has 0 aromatic rings. The van der Waals surface area contributed by atoms with Gasteiger partial charge >= 0.3 is 0 Å². The molecule has 1 aliphatic carbocycles. The highest BCUT2D eigenvalue weighted by atomic mass is 127. The molecular weight excluding hydrogens is 445 g/mol. The molecule has 0 heterocycles. The molecule has 0 aromatic carbocycles. The Kier molecular flexibility index (Phi) is 16.2. The van der Waals surface area contributed by atoms with Gasteiger partial charge in [-0.1, -0.05) is 19.3 Å². The number of methoxy groups -OCH3 is 1. The number of hydrogen-bond acceptors (Lipinski definition) is 4. The molecule has 154 valence electrons. The third kappa shape index (κ3) is 12.7. The molecule has 0 spiro atoms. The summed E-state index contributed by atoms with van der Waals surface area (Å²) in [6.45, 7) is 4.17. The molecule has 1 fully saturated rings. The first kappa shape index (κ1) is 25.4. The maximum absolute atomic E-state index is 12.0. The molecule has 0 atom stereocenters. The Hall–Kier alpha value is -0.610. The number of halogens is 1. The second kappa shape index (κ2) is 16.6. The highest BCUT2D eigenvalue weighted by Gasteiger charge is 2.15. The lowest BCUT2D eigenvalue weighted by Gasteiger charge is -2.23. The molecule has 8 heteroatoms. The summed E-state index contributed by atoms with van der Waals surface area (Å²) in [6, 6.07) is 0.382. The minimum absolute atomic E-state index is 0. The van der Waals surface area contributed by atoms with E-state index >= 15 is 0 Å². The number of hydrogen-bond donors (Lipinski definition) is 3. The highest BCUT2D eigenvalue weighted by molar-refractivity contribution is 14.0. The molecule has 7 nitrogen and oxygen atoms in total. The van der Waals surface area contributed by atoms with Crippen LogP contribution in [0.2, 0.25) is 0 Å². The van der Waals surface area contributed by atoms with E-state index in [-0.39, 0.29) is 29.9 Å². The predicted octanol–water partition coefficient (Wildman–Crippen LogP) is 1.58. The SMILES string of the molecule is CN=C(NCCC(=O)NC1CCCCC1)NCCN(C)CCCOC.I. The van der Waals surface area contributed by atoms with Crippen LogP contribution in [0.3, 0.4) is 0 Å². The fourth-order valence-corrected chi connectivity index (χ4v) is 3.02. The maximum Gasteiger partial charge on any atom is 0.221 e. The standard InChI is InChI=1S/C18H37N5O2.HI/c1-19-18(21-12-14-23(2)13-7-15-25-3)20-11-10-17(24)22-16-8-5-4-6-9-16;/h16H,4-15H2,1-3H3,(H,22,24)(H2,19,20,21);1H. The lowest BCUT2D eigenvalue weighted by Crippen LogP contribution is -2.43. The Balaban J connectivity index is 0.00000625. The van der Waals surface area contributed by atoms with Crippen LogP contribution < -0.4 is 16.0 Å². The third-order valence-corrected chi connectivity index (χ3v) is 4.51. The molecule has 26 heavy (non-hydrogen) atoms. The number of aliphatic imine (C=N–C) groups is 1. The van der Waals surface area contributed by atoms with Crippen LogP contribution in [0.15, 0.2) is 4.99 Å². The van der Waals surface area contributed by atoms with Gasteiger partial charge in [0.25, 0.3) is 0 Å². The van der Waals surface area contributed by atoms with Gasteiger partial charge in [-0.05, 0) is 26.3 Å². The molecule has 0 aromatic heterocycles. The number of likely N-dealkylation sites (N-methyl/N-ethyl adjacent to an activating group) is 1. The van der Waals surface area contributed by atoms with Crippen LogP contribution in [-0.2, 0) is 9.53 Å². The minimum Gasteiger partial charge on any atom is -0.385 e. The van der Waals surface area contributed by atoms with Gasteiger partial charge in [-0.3, -0.25) is 9.79 Å². The van der Waals surface area contributed by atoms with Gasteiger partial charge in [-0.15, -0.1) is 24.0 Å². The molecule has 1 rings (SSSR count). The van der Waals surface area contributed by atoms with Crippen molar-refractivity contribution in [3.8, 4) is 0 Å². The van der Waals surface area contributed by atoms with Crippen LogP contribution >= 0.6 is 24.0 Å². The zero-order valence-electron chi connectivity index (χ0n) is 16.7. The molecule has 0 unspecified atom stereocenters. The Labute approximate surface area is 176 Å². The predicted molar refractivity (Wildman–Crippen MR) is 118 cm³/mol. The van der Waals surface area contributed by atoms with Crippen LogP contribution in [0, 0.1) is 0 Å². The lowest BCUT2D eigenvalue weighted by atomic mass is 9.95. The average Bonchev–Trinajstić information content (AvgIpc) is 2.61. The Morgan fingerprint density at radius 2 is 1.85 bits per heavy atom. The van der Waals surface area contributed by atoms with Gasteiger partial charge in [0.2, 0.25) is 5.91 Å². The van der Waals surface area contributed by atoms with Crippen LogP contribution in [0.25, 0.3) is 0 Å². The van der Waals surface area contributed by atoms with Gasteiger partial charge in [0, 0.05) is 59.4 Å². The molecule has 0 radical (unpaired) electrons. The number of nitrogens with one attached hydrogen (secondary N) is 3. The van der Waals surface area contributed by atoms with Crippen molar-refractivity contribution in [3.05, 3.63) is 0 Å². The Bertz CT molecular complexity index is 390. The molecule has 1 saturated carbocycles. The first-order valence-corrected chi connectivity index (χ1v) is 9.57. The average molecular weight is 483 g/mol. The monoisotopic (exact) mass is 483 g/mol. The van der Waals surface area contributed by atoms with Crippen molar-refractivity contribution >= 4 is 35.8 Å². The summed E-state index contributed by atoms with van der Waals surface area (Å²) in [7, 11) is 5.58. The number of carbonyl (C=O) groups excluding carboxylic acids is 1. The Morgan fingerprint density at radius 1 is 1.15 bits per heavy atom. The molecule has 1 aliphatic rings. The summed E-state index contributed by atoms with van der Waals surface area (Å²) in [4.78, 5) is 18.4. The molecule has 0 saturated heterocycles. The minimum atomic E-state index is 0. The second-order valence-corrected chi connectivity index (χ2v) is 6.73. The zero-order valence-corrected chi connectivity index (χ0v) is 19.0. The quantitative estimate of drug-likeness (QED) is 0.180. The zero-order chi connectivity index (χ0) is 18.3. The number of ether oxygens (including phenoxy) is 1. The summed E-state index contributed by atoms with van der Waals surface area (Å²) < 4.78 is 5.06. The lowest BCUT2D eigenvalue weighted by molar-refractivity contribution is -0.121. The van der Waals surface area contributed by atoms with E-state index in [1.807, 2.05) is 0 Å². The molecule has 0 aliphatic heterocycles. The van der Waals surface area contributed by atoms with Crippen molar-refractivity contribution in [2.75, 3.05) is 54.0 Å². The fraction of sp³-hybridized carbons (Fsp3) is 0.889. The number of rotatable bonds is 11. The Morgan fingerprint density at radius 3 is 2.50 bits per heavy atom. The molecule has 0 bridgehead atoms. The van der Waals surface area contributed by atoms with Crippen molar-refractivity contribution in [1.29, 1.82) is 0 Å². The van der Waals surface area contributed by atoms with E-state index in [9.17, 15) is 4.79 Å².